The van der Waals surface area contributed by atoms with E-state index in [2.05, 4.69) is 24.4 Å². The first kappa shape index (κ1) is 47.1. The van der Waals surface area contributed by atoms with Crippen LogP contribution in [0, 0.1) is 0 Å². The highest BCUT2D eigenvalue weighted by Crippen LogP contribution is 2.32. The van der Waals surface area contributed by atoms with E-state index in [0.29, 0.717) is 68.0 Å². The highest BCUT2D eigenvalue weighted by Gasteiger charge is 2.32. The van der Waals surface area contributed by atoms with E-state index in [1.54, 1.807) is 20.8 Å². The van der Waals surface area contributed by atoms with Gasteiger partial charge in [-0.1, -0.05) is 36.4 Å². The van der Waals surface area contributed by atoms with Crippen LogP contribution in [-0.2, 0) is 69.1 Å². The summed E-state index contributed by atoms with van der Waals surface area (Å²) in [7, 11) is 1.48. The number of nitrogens with two attached hydrogens (primary N) is 2. The standard InChI is InChI=1S/C21H28N4O4.C17H22N4O2.C6H8O4/c1-6-28-11-16-24-17-18(14-9-7-8-10-15(14)23-19(17)22)25(16)12-21(3,4)29-20(26)13(2)27-5;1-4-23-9-13-20-14-15(21(13)10-17(2,3)22)11-7-5-6-8-12(11)19-16(14)18;1-3-5(7)10-4(2)6(8)9-3/h7-10,13H,6,11-12H2,1-5H3,(H2,22,23);5-8,22H,4,9-10H2,1-3H3,(H2,18,19);3-4H,1-2H3. The molecule has 3 atom stereocenters. The summed E-state index contributed by atoms with van der Waals surface area (Å²) in [6.45, 7) is 18.4. The van der Waals surface area contributed by atoms with Gasteiger partial charge in [0, 0.05) is 31.1 Å². The number of para-hydroxylation sites is 2. The Kier molecular flexibility index (Phi) is 15.1. The Bertz CT molecular complexity index is 2520. The maximum absolute atomic E-state index is 12.3. The number of cyclic esters (lactones) is 2. The van der Waals surface area contributed by atoms with Gasteiger partial charge in [0.2, 0.25) is 0 Å². The zero-order valence-electron chi connectivity index (χ0n) is 37.1. The summed E-state index contributed by atoms with van der Waals surface area (Å²) in [5, 5.41) is 12.2. The number of nitrogens with zero attached hydrogens (tertiary/aromatic N) is 6. The Morgan fingerprint density at radius 3 is 1.58 bits per heavy atom. The Morgan fingerprint density at radius 2 is 1.18 bits per heavy atom. The molecule has 1 saturated heterocycles. The van der Waals surface area contributed by atoms with Gasteiger partial charge in [0.25, 0.3) is 0 Å². The van der Waals surface area contributed by atoms with Gasteiger partial charge >= 0.3 is 17.9 Å². The van der Waals surface area contributed by atoms with E-state index in [4.69, 9.17) is 35.4 Å². The molecule has 18 nitrogen and oxygen atoms in total. The number of pyridine rings is 2. The maximum Gasteiger partial charge on any atom is 0.347 e. The van der Waals surface area contributed by atoms with Crippen LogP contribution in [0.25, 0.3) is 43.9 Å². The van der Waals surface area contributed by atoms with Crippen molar-refractivity contribution in [3.63, 3.8) is 0 Å². The van der Waals surface area contributed by atoms with E-state index >= 15 is 0 Å². The van der Waals surface area contributed by atoms with Gasteiger partial charge in [-0.15, -0.1) is 0 Å². The molecular formula is C44H58N8O10. The lowest BCUT2D eigenvalue weighted by Crippen LogP contribution is -2.40. The number of benzene rings is 2. The number of rotatable bonds is 13. The van der Waals surface area contributed by atoms with Crippen LogP contribution in [0.5, 0.6) is 0 Å². The minimum Gasteiger partial charge on any atom is -0.456 e. The van der Waals surface area contributed by atoms with Gasteiger partial charge in [-0.25, -0.2) is 34.3 Å². The highest BCUT2D eigenvalue weighted by molar-refractivity contribution is 6.07. The van der Waals surface area contributed by atoms with Crippen LogP contribution in [0.1, 0.15) is 74.0 Å². The van der Waals surface area contributed by atoms with Crippen LogP contribution < -0.4 is 11.5 Å². The summed E-state index contributed by atoms with van der Waals surface area (Å²) in [5.74, 6) is 0.826. The molecule has 7 rings (SSSR count). The number of fused-ring (bicyclic) bond motifs is 6. The average molecular weight is 859 g/mol. The lowest BCUT2D eigenvalue weighted by Gasteiger charge is -2.28. The minimum atomic E-state index is -0.881. The molecule has 0 amide bonds. The second kappa shape index (κ2) is 19.8. The third kappa shape index (κ3) is 11.1. The number of imidazole rings is 2. The fourth-order valence-corrected chi connectivity index (χ4v) is 6.65. The average Bonchev–Trinajstić information content (AvgIpc) is 3.76. The number of aliphatic hydroxyl groups is 1. The quantitative estimate of drug-likeness (QED) is 0.0973. The second-order valence-electron chi connectivity index (χ2n) is 16.0. The Balaban J connectivity index is 0.000000195. The van der Waals surface area contributed by atoms with Crippen molar-refractivity contribution < 1.29 is 47.9 Å². The number of nitrogen functional groups attached to an aromatic ring is 2. The molecule has 334 valence electrons. The summed E-state index contributed by atoms with van der Waals surface area (Å²) in [6, 6.07) is 15.6. The fourth-order valence-electron chi connectivity index (χ4n) is 6.65. The maximum atomic E-state index is 12.3. The fraction of sp³-hybridized carbons (Fsp3) is 0.477. The summed E-state index contributed by atoms with van der Waals surface area (Å²) < 4.78 is 35.1. The lowest BCUT2D eigenvalue weighted by atomic mass is 10.1. The molecule has 6 aromatic rings. The van der Waals surface area contributed by atoms with E-state index in [1.165, 1.54) is 21.0 Å². The SMILES string of the molecule is CC1OC(=O)C(C)OC1=O.CCOCc1nc2c(N)nc3ccccc3c2n1CC(C)(C)O.CCOCc1nc2c(N)nc3ccccc3c2n1CC(C)(C)OC(=O)C(C)OC. The molecule has 0 bridgehead atoms. The summed E-state index contributed by atoms with van der Waals surface area (Å²) in [6.07, 6.45) is -2.13. The number of carbonyl (C=O) groups excluding carboxylic acids is 3. The number of ether oxygens (including phenoxy) is 6. The third-order valence-corrected chi connectivity index (χ3v) is 9.65. The summed E-state index contributed by atoms with van der Waals surface area (Å²) >= 11 is 0. The van der Waals surface area contributed by atoms with Gasteiger partial charge in [0.15, 0.2) is 29.9 Å². The summed E-state index contributed by atoms with van der Waals surface area (Å²) in [5.41, 5.74) is 15.2. The van der Waals surface area contributed by atoms with Crippen LogP contribution in [0.2, 0.25) is 0 Å². The zero-order valence-corrected chi connectivity index (χ0v) is 37.1. The molecule has 0 radical (unpaired) electrons. The zero-order chi connectivity index (χ0) is 45.5. The molecule has 3 unspecified atom stereocenters. The number of esters is 3. The first-order valence-corrected chi connectivity index (χ1v) is 20.4. The normalized spacial score (nSPS) is 16.0. The van der Waals surface area contributed by atoms with Crippen LogP contribution >= 0.6 is 0 Å². The molecule has 5 N–H and O–H groups in total. The number of anilines is 2. The molecule has 0 saturated carbocycles. The van der Waals surface area contributed by atoms with E-state index in [0.717, 1.165) is 38.7 Å². The van der Waals surface area contributed by atoms with Crippen molar-refractivity contribution in [2.24, 2.45) is 0 Å². The van der Waals surface area contributed by atoms with Crippen molar-refractivity contribution in [1.29, 1.82) is 0 Å². The first-order chi connectivity index (χ1) is 29.3. The molecule has 62 heavy (non-hydrogen) atoms. The predicted octanol–water partition coefficient (Wildman–Crippen LogP) is 5.40. The molecular weight excluding hydrogens is 801 g/mol. The van der Waals surface area contributed by atoms with Crippen molar-refractivity contribution >= 4 is 73.4 Å². The molecule has 18 heteroatoms. The van der Waals surface area contributed by atoms with Gasteiger partial charge in [0.05, 0.1) is 40.8 Å². The predicted molar refractivity (Wildman–Crippen MR) is 234 cm³/mol. The van der Waals surface area contributed by atoms with E-state index < -0.39 is 47.4 Å². The van der Waals surface area contributed by atoms with Crippen LogP contribution in [0.3, 0.4) is 0 Å². The largest absolute Gasteiger partial charge is 0.456 e. The van der Waals surface area contributed by atoms with Gasteiger partial charge in [-0.2, -0.15) is 0 Å². The van der Waals surface area contributed by atoms with Gasteiger partial charge < -0.3 is 54.1 Å². The van der Waals surface area contributed by atoms with E-state index in [1.807, 2.05) is 85.4 Å². The third-order valence-electron chi connectivity index (χ3n) is 9.65. The molecule has 0 aliphatic carbocycles. The van der Waals surface area contributed by atoms with Gasteiger partial charge in [0.1, 0.15) is 41.5 Å². The number of hydrogen-bond acceptors (Lipinski definition) is 16. The molecule has 1 aliphatic rings. The summed E-state index contributed by atoms with van der Waals surface area (Å²) in [4.78, 5) is 51.8. The van der Waals surface area contributed by atoms with Crippen molar-refractivity contribution in [3.05, 3.63) is 60.2 Å². The molecule has 1 aliphatic heterocycles. The topological polar surface area (TPSA) is 240 Å². The first-order valence-electron chi connectivity index (χ1n) is 20.4. The molecule has 0 spiro atoms. The smallest absolute Gasteiger partial charge is 0.347 e. The van der Waals surface area contributed by atoms with Crippen molar-refractivity contribution in [3.8, 4) is 0 Å². The van der Waals surface area contributed by atoms with Crippen LogP contribution in [-0.4, -0.2) is 102 Å². The van der Waals surface area contributed by atoms with Crippen molar-refractivity contribution in [1.82, 2.24) is 29.1 Å². The van der Waals surface area contributed by atoms with E-state index in [9.17, 15) is 19.5 Å². The monoisotopic (exact) mass is 858 g/mol. The van der Waals surface area contributed by atoms with Crippen molar-refractivity contribution in [2.45, 2.75) is 118 Å². The molecule has 5 heterocycles. The number of aromatic nitrogens is 6. The van der Waals surface area contributed by atoms with Gasteiger partial charge in [-0.3, -0.25) is 0 Å². The second-order valence-corrected chi connectivity index (χ2v) is 16.0. The minimum absolute atomic E-state index is 0.317. The highest BCUT2D eigenvalue weighted by atomic mass is 16.6. The van der Waals surface area contributed by atoms with Crippen LogP contribution in [0.4, 0.5) is 11.6 Å². The number of methoxy groups -OCH3 is 1. The molecule has 1 fully saturated rings. The Hall–Kier alpha value is -5.95. The van der Waals surface area contributed by atoms with Gasteiger partial charge in [-0.05, 0) is 74.4 Å². The van der Waals surface area contributed by atoms with E-state index in [-0.39, 0.29) is 0 Å². The number of hydrogen-bond donors (Lipinski definition) is 3. The lowest BCUT2D eigenvalue weighted by molar-refractivity contribution is -0.191. The number of carbonyl (C=O) groups is 3. The Morgan fingerprint density at radius 1 is 0.758 bits per heavy atom. The Labute approximate surface area is 359 Å². The van der Waals surface area contributed by atoms with Crippen molar-refractivity contribution in [2.75, 3.05) is 31.8 Å². The van der Waals surface area contributed by atoms with Crippen LogP contribution in [0.15, 0.2) is 48.5 Å². The molecule has 2 aromatic carbocycles. The molecule has 4 aromatic heterocycles.